The van der Waals surface area contributed by atoms with E-state index in [0.29, 0.717) is 5.56 Å². The molecule has 1 unspecified atom stereocenters. The molecule has 3 aromatic carbocycles. The van der Waals surface area contributed by atoms with Crippen LogP contribution in [0.3, 0.4) is 0 Å². The lowest BCUT2D eigenvalue weighted by molar-refractivity contribution is 0.102. The van der Waals surface area contributed by atoms with Gasteiger partial charge in [-0.25, -0.2) is 0 Å². The van der Waals surface area contributed by atoms with Gasteiger partial charge in [0.1, 0.15) is 0 Å². The van der Waals surface area contributed by atoms with Crippen molar-refractivity contribution in [1.29, 1.82) is 0 Å². The molecule has 0 spiro atoms. The fourth-order valence-electron chi connectivity index (χ4n) is 4.43. The third-order valence-electron chi connectivity index (χ3n) is 6.37. The molecule has 0 saturated heterocycles. The van der Waals surface area contributed by atoms with Gasteiger partial charge in [-0.2, -0.15) is 5.10 Å². The summed E-state index contributed by atoms with van der Waals surface area (Å²) in [6, 6.07) is 30.0. The van der Waals surface area contributed by atoms with Gasteiger partial charge < -0.3 is 5.32 Å². The first-order chi connectivity index (χ1) is 17.1. The Kier molecular flexibility index (Phi) is 6.40. The number of aromatic nitrogens is 3. The molecule has 0 saturated carbocycles. The second-order valence-corrected chi connectivity index (χ2v) is 8.89. The molecule has 2 heterocycles. The van der Waals surface area contributed by atoms with E-state index in [-0.39, 0.29) is 11.8 Å². The van der Waals surface area contributed by atoms with Crippen LogP contribution in [0.4, 0.5) is 5.69 Å². The van der Waals surface area contributed by atoms with Gasteiger partial charge in [0.2, 0.25) is 0 Å². The number of hydrogen-bond donors (Lipinski definition) is 2. The number of nitrogens with zero attached hydrogens (tertiary/aromatic N) is 2. The lowest BCUT2D eigenvalue weighted by Crippen LogP contribution is -2.13. The summed E-state index contributed by atoms with van der Waals surface area (Å²) in [5, 5.41) is 11.7. The van der Waals surface area contributed by atoms with Crippen molar-refractivity contribution in [2.24, 2.45) is 0 Å². The van der Waals surface area contributed by atoms with Gasteiger partial charge in [0.15, 0.2) is 0 Å². The minimum Gasteiger partial charge on any atom is -0.322 e. The SMILES string of the molecule is CCC(Cc1cc(-c2ccccc2)n[nH]1)c1cccc(C(=O)Nc2ccc3nc(C)ccc3c2)c1. The first-order valence-electron chi connectivity index (χ1n) is 12.0. The molecule has 35 heavy (non-hydrogen) atoms. The molecule has 5 nitrogen and oxygen atoms in total. The predicted molar refractivity (Wildman–Crippen MR) is 142 cm³/mol. The molecule has 1 amide bonds. The summed E-state index contributed by atoms with van der Waals surface area (Å²) in [7, 11) is 0. The van der Waals surface area contributed by atoms with Crippen LogP contribution < -0.4 is 5.32 Å². The zero-order valence-electron chi connectivity index (χ0n) is 20.0. The monoisotopic (exact) mass is 460 g/mol. The number of H-pyrrole nitrogens is 1. The number of rotatable bonds is 7. The number of anilines is 1. The Bertz CT molecular complexity index is 1470. The van der Waals surface area contributed by atoms with Crippen LogP contribution in [-0.2, 0) is 6.42 Å². The first kappa shape index (κ1) is 22.5. The zero-order valence-corrected chi connectivity index (χ0v) is 20.0. The standard InChI is InChI=1S/C30H28N4O/c1-3-21(17-27-19-29(34-33-27)22-8-5-4-6-9-22)23-10-7-11-25(16-23)30(35)32-26-14-15-28-24(18-26)13-12-20(2)31-28/h4-16,18-19,21H,3,17H2,1-2H3,(H,32,35)(H,33,34). The number of carbonyl (C=O) groups excluding carboxylic acids is 1. The van der Waals surface area contributed by atoms with E-state index in [9.17, 15) is 4.79 Å². The molecule has 0 aliphatic carbocycles. The number of nitrogens with one attached hydrogen (secondary N) is 2. The molecule has 0 fully saturated rings. The largest absolute Gasteiger partial charge is 0.322 e. The van der Waals surface area contributed by atoms with Crippen molar-refractivity contribution in [2.75, 3.05) is 5.32 Å². The Balaban J connectivity index is 1.31. The van der Waals surface area contributed by atoms with Crippen LogP contribution in [0.2, 0.25) is 0 Å². The number of pyridine rings is 1. The molecule has 2 N–H and O–H groups in total. The maximum atomic E-state index is 13.0. The van der Waals surface area contributed by atoms with Crippen LogP contribution in [0.1, 0.15) is 46.6 Å². The minimum atomic E-state index is -0.117. The van der Waals surface area contributed by atoms with Gasteiger partial charge >= 0.3 is 0 Å². The minimum absolute atomic E-state index is 0.117. The molecule has 5 rings (SSSR count). The van der Waals surface area contributed by atoms with Crippen LogP contribution in [0.5, 0.6) is 0 Å². The van der Waals surface area contributed by atoms with Crippen molar-refractivity contribution in [3.05, 3.63) is 114 Å². The van der Waals surface area contributed by atoms with Crippen LogP contribution in [0.15, 0.2) is 91.0 Å². The van der Waals surface area contributed by atoms with E-state index >= 15 is 0 Å². The maximum absolute atomic E-state index is 13.0. The topological polar surface area (TPSA) is 70.7 Å². The number of aromatic amines is 1. The number of fused-ring (bicyclic) bond motifs is 1. The van der Waals surface area contributed by atoms with Gasteiger partial charge in [-0.1, -0.05) is 55.5 Å². The van der Waals surface area contributed by atoms with Gasteiger partial charge in [0.25, 0.3) is 5.91 Å². The highest BCUT2D eigenvalue weighted by atomic mass is 16.1. The van der Waals surface area contributed by atoms with Gasteiger partial charge in [0.05, 0.1) is 11.2 Å². The number of carbonyl (C=O) groups is 1. The average molecular weight is 461 g/mol. The summed E-state index contributed by atoms with van der Waals surface area (Å²) in [5.41, 5.74) is 7.59. The molecule has 174 valence electrons. The third kappa shape index (κ3) is 5.14. The molecule has 5 aromatic rings. The smallest absolute Gasteiger partial charge is 0.255 e. The van der Waals surface area contributed by atoms with E-state index in [1.807, 2.05) is 73.7 Å². The Morgan fingerprint density at radius 2 is 1.80 bits per heavy atom. The van der Waals surface area contributed by atoms with Gasteiger partial charge in [-0.15, -0.1) is 0 Å². The third-order valence-corrected chi connectivity index (χ3v) is 6.37. The Morgan fingerprint density at radius 1 is 0.943 bits per heavy atom. The highest BCUT2D eigenvalue weighted by molar-refractivity contribution is 6.05. The van der Waals surface area contributed by atoms with E-state index in [1.165, 1.54) is 0 Å². The molecule has 5 heteroatoms. The Morgan fingerprint density at radius 3 is 2.63 bits per heavy atom. The van der Waals surface area contributed by atoms with Gasteiger partial charge in [-0.05, 0) is 73.7 Å². The number of benzene rings is 3. The highest BCUT2D eigenvalue weighted by Gasteiger charge is 2.15. The average Bonchev–Trinajstić information content (AvgIpc) is 3.36. The highest BCUT2D eigenvalue weighted by Crippen LogP contribution is 2.27. The predicted octanol–water partition coefficient (Wildman–Crippen LogP) is 6.92. The number of hydrogen-bond acceptors (Lipinski definition) is 3. The van der Waals surface area contributed by atoms with Crippen LogP contribution >= 0.6 is 0 Å². The lowest BCUT2D eigenvalue weighted by atomic mass is 9.90. The summed E-state index contributed by atoms with van der Waals surface area (Å²) in [6.07, 6.45) is 1.79. The Labute approximate surface area is 205 Å². The van der Waals surface area contributed by atoms with E-state index in [4.69, 9.17) is 0 Å². The first-order valence-corrected chi connectivity index (χ1v) is 12.0. The molecular formula is C30H28N4O. The second kappa shape index (κ2) is 9.94. The quantitative estimate of drug-likeness (QED) is 0.277. The van der Waals surface area contributed by atoms with E-state index in [1.54, 1.807) is 0 Å². The second-order valence-electron chi connectivity index (χ2n) is 8.89. The molecule has 0 aliphatic rings. The summed E-state index contributed by atoms with van der Waals surface area (Å²) in [6.45, 7) is 4.15. The normalized spacial score (nSPS) is 11.9. The van der Waals surface area contributed by atoms with Crippen molar-refractivity contribution in [3.63, 3.8) is 0 Å². The van der Waals surface area contributed by atoms with E-state index < -0.39 is 0 Å². The summed E-state index contributed by atoms with van der Waals surface area (Å²) in [4.78, 5) is 17.6. The van der Waals surface area contributed by atoms with Crippen molar-refractivity contribution in [2.45, 2.75) is 32.6 Å². The fourth-order valence-corrected chi connectivity index (χ4v) is 4.43. The number of aryl methyl sites for hydroxylation is 1. The van der Waals surface area contributed by atoms with Crippen LogP contribution in [0, 0.1) is 6.92 Å². The molecule has 0 aliphatic heterocycles. The fraction of sp³-hybridized carbons (Fsp3) is 0.167. The van der Waals surface area contributed by atoms with Crippen molar-refractivity contribution >= 4 is 22.5 Å². The molecule has 0 bridgehead atoms. The van der Waals surface area contributed by atoms with Gasteiger partial charge in [0, 0.05) is 33.6 Å². The van der Waals surface area contributed by atoms with Crippen molar-refractivity contribution in [3.8, 4) is 11.3 Å². The van der Waals surface area contributed by atoms with E-state index in [0.717, 1.165) is 57.6 Å². The van der Waals surface area contributed by atoms with Crippen LogP contribution in [-0.4, -0.2) is 21.1 Å². The summed E-state index contributed by atoms with van der Waals surface area (Å²) in [5.74, 6) is 0.163. The van der Waals surface area contributed by atoms with E-state index in [2.05, 4.69) is 51.7 Å². The van der Waals surface area contributed by atoms with Crippen molar-refractivity contribution in [1.82, 2.24) is 15.2 Å². The molecule has 0 radical (unpaired) electrons. The molecular weight excluding hydrogens is 432 g/mol. The zero-order chi connectivity index (χ0) is 24.2. The lowest BCUT2D eigenvalue weighted by Gasteiger charge is -2.15. The maximum Gasteiger partial charge on any atom is 0.255 e. The molecule has 2 aromatic heterocycles. The summed E-state index contributed by atoms with van der Waals surface area (Å²) >= 11 is 0. The van der Waals surface area contributed by atoms with Crippen molar-refractivity contribution < 1.29 is 4.79 Å². The number of amides is 1. The van der Waals surface area contributed by atoms with Crippen LogP contribution in [0.25, 0.3) is 22.2 Å². The summed E-state index contributed by atoms with van der Waals surface area (Å²) < 4.78 is 0. The molecule has 1 atom stereocenters. The Hall–Kier alpha value is -4.25. The van der Waals surface area contributed by atoms with Gasteiger partial charge in [-0.3, -0.25) is 14.9 Å².